The highest BCUT2D eigenvalue weighted by molar-refractivity contribution is 7.26. The molecule has 5 heteroatoms. The average molecular weight is 733 g/mol. The van der Waals surface area contributed by atoms with Crippen molar-refractivity contribution in [2.24, 2.45) is 0 Å². The summed E-state index contributed by atoms with van der Waals surface area (Å²) in [7, 11) is 0. The van der Waals surface area contributed by atoms with Crippen LogP contribution in [0.3, 0.4) is 0 Å². The van der Waals surface area contributed by atoms with Crippen LogP contribution in [-0.4, -0.2) is 19.5 Å². The van der Waals surface area contributed by atoms with E-state index in [1.165, 1.54) is 64.2 Å². The van der Waals surface area contributed by atoms with Crippen LogP contribution in [0.2, 0.25) is 0 Å². The summed E-state index contributed by atoms with van der Waals surface area (Å²) < 4.78 is 4.90. The molecular formula is C51H32N4S. The van der Waals surface area contributed by atoms with E-state index in [2.05, 4.69) is 138 Å². The number of thiophene rings is 1. The lowest BCUT2D eigenvalue weighted by molar-refractivity contribution is 1.07. The summed E-state index contributed by atoms with van der Waals surface area (Å²) >= 11 is 1.84. The molecule has 8 aromatic carbocycles. The molecule has 0 aliphatic carbocycles. The van der Waals surface area contributed by atoms with E-state index in [1.54, 1.807) is 0 Å². The molecule has 0 saturated carbocycles. The minimum absolute atomic E-state index is 0.658. The van der Waals surface area contributed by atoms with Crippen molar-refractivity contribution >= 4 is 53.3 Å². The van der Waals surface area contributed by atoms with Gasteiger partial charge in [-0.05, 0) is 64.7 Å². The quantitative estimate of drug-likeness (QED) is 0.171. The maximum Gasteiger partial charge on any atom is 0.164 e. The van der Waals surface area contributed by atoms with Gasteiger partial charge in [-0.25, -0.2) is 15.0 Å². The van der Waals surface area contributed by atoms with Gasteiger partial charge in [-0.3, -0.25) is 0 Å². The molecule has 0 saturated heterocycles. The Morgan fingerprint density at radius 2 is 0.875 bits per heavy atom. The van der Waals surface area contributed by atoms with Gasteiger partial charge in [0.05, 0.1) is 11.0 Å². The van der Waals surface area contributed by atoms with E-state index in [1.807, 2.05) is 72.0 Å². The summed E-state index contributed by atoms with van der Waals surface area (Å²) in [6.45, 7) is 0. The Kier molecular flexibility index (Phi) is 7.64. The van der Waals surface area contributed by atoms with Gasteiger partial charge in [0.15, 0.2) is 17.5 Å². The lowest BCUT2D eigenvalue weighted by Gasteiger charge is -2.11. The summed E-state index contributed by atoms with van der Waals surface area (Å²) in [6.07, 6.45) is 0. The van der Waals surface area contributed by atoms with E-state index < -0.39 is 0 Å². The Balaban J connectivity index is 1.04. The minimum atomic E-state index is 0.658. The zero-order chi connectivity index (χ0) is 37.0. The monoisotopic (exact) mass is 732 g/mol. The van der Waals surface area contributed by atoms with Crippen molar-refractivity contribution in [2.45, 2.75) is 0 Å². The molecule has 0 aliphatic rings. The van der Waals surface area contributed by atoms with Gasteiger partial charge < -0.3 is 4.57 Å². The number of para-hydroxylation sites is 1. The summed E-state index contributed by atoms with van der Waals surface area (Å²) in [4.78, 5) is 14.9. The van der Waals surface area contributed by atoms with Crippen molar-refractivity contribution in [1.82, 2.24) is 19.5 Å². The second-order valence-corrected chi connectivity index (χ2v) is 15.1. The molecule has 0 bridgehead atoms. The van der Waals surface area contributed by atoms with Crippen molar-refractivity contribution in [3.8, 4) is 62.1 Å². The first-order valence-electron chi connectivity index (χ1n) is 18.8. The first kappa shape index (κ1) is 32.2. The van der Waals surface area contributed by atoms with Crippen LogP contribution in [-0.2, 0) is 0 Å². The molecule has 0 amide bonds. The Morgan fingerprint density at radius 1 is 0.339 bits per heavy atom. The molecule has 0 radical (unpaired) electrons. The fourth-order valence-corrected chi connectivity index (χ4v) is 9.17. The van der Waals surface area contributed by atoms with E-state index in [4.69, 9.17) is 15.0 Å². The second-order valence-electron chi connectivity index (χ2n) is 14.0. The number of benzene rings is 8. The van der Waals surface area contributed by atoms with E-state index in [-0.39, 0.29) is 0 Å². The zero-order valence-corrected chi connectivity index (χ0v) is 31.0. The highest BCUT2D eigenvalue weighted by Crippen LogP contribution is 2.43. The first-order valence-corrected chi connectivity index (χ1v) is 19.6. The molecule has 262 valence electrons. The van der Waals surface area contributed by atoms with Crippen LogP contribution in [0.15, 0.2) is 194 Å². The van der Waals surface area contributed by atoms with Gasteiger partial charge in [-0.1, -0.05) is 152 Å². The van der Waals surface area contributed by atoms with E-state index in [0.29, 0.717) is 17.5 Å². The van der Waals surface area contributed by atoms with Gasteiger partial charge in [-0.2, -0.15) is 0 Å². The lowest BCUT2D eigenvalue weighted by atomic mass is 10.0. The van der Waals surface area contributed by atoms with E-state index in [0.717, 1.165) is 22.4 Å². The number of rotatable bonds is 6. The normalized spacial score (nSPS) is 11.6. The SMILES string of the molecule is c1ccc(-c2ccc(-n3c4ccccc4c4ccc(-c5cccc6c5sc5ccc(-c7nc(-c8ccccc8)nc(-c8ccccc8)n7)cc56)cc43)cc2)cc1. The predicted octanol–water partition coefficient (Wildman–Crippen LogP) is 13.7. The molecule has 0 aliphatic heterocycles. The average Bonchev–Trinajstić information content (AvgIpc) is 3.82. The molecule has 3 aromatic heterocycles. The van der Waals surface area contributed by atoms with Crippen molar-refractivity contribution in [1.29, 1.82) is 0 Å². The molecule has 11 aromatic rings. The summed E-state index contributed by atoms with van der Waals surface area (Å²) in [5.41, 5.74) is 11.2. The highest BCUT2D eigenvalue weighted by Gasteiger charge is 2.18. The molecule has 0 fully saturated rings. The number of hydrogen-bond donors (Lipinski definition) is 0. The van der Waals surface area contributed by atoms with Crippen molar-refractivity contribution in [3.63, 3.8) is 0 Å². The fourth-order valence-electron chi connectivity index (χ4n) is 7.95. The van der Waals surface area contributed by atoms with E-state index >= 15 is 0 Å². The van der Waals surface area contributed by atoms with Gasteiger partial charge in [0.25, 0.3) is 0 Å². The summed E-state index contributed by atoms with van der Waals surface area (Å²) in [5, 5.41) is 4.91. The van der Waals surface area contributed by atoms with Crippen LogP contribution >= 0.6 is 11.3 Å². The Labute approximate surface area is 327 Å². The number of nitrogens with zero attached hydrogens (tertiary/aromatic N) is 4. The molecule has 11 rings (SSSR count). The molecule has 0 unspecified atom stereocenters. The standard InChI is InChI=1S/C51H32N4S/c1-4-13-33(14-5-1)34-23-27-39(28-24-34)55-45-22-11-10-19-41(45)42-29-25-37(32-46(42)55)40-20-12-21-43-44-31-38(26-30-47(44)56-48(40)43)51-53-49(35-15-6-2-7-16-35)52-50(54-51)36-17-8-3-9-18-36/h1-32H. The zero-order valence-electron chi connectivity index (χ0n) is 30.2. The minimum Gasteiger partial charge on any atom is -0.309 e. The molecule has 0 N–H and O–H groups in total. The van der Waals surface area contributed by atoms with Crippen molar-refractivity contribution in [3.05, 3.63) is 194 Å². The predicted molar refractivity (Wildman–Crippen MR) is 234 cm³/mol. The Bertz CT molecular complexity index is 3160. The third kappa shape index (κ3) is 5.48. The van der Waals surface area contributed by atoms with Crippen molar-refractivity contribution in [2.75, 3.05) is 0 Å². The molecule has 0 atom stereocenters. The smallest absolute Gasteiger partial charge is 0.164 e. The van der Waals surface area contributed by atoms with Crippen LogP contribution < -0.4 is 0 Å². The maximum atomic E-state index is 5.01. The largest absolute Gasteiger partial charge is 0.309 e. The van der Waals surface area contributed by atoms with Gasteiger partial charge in [-0.15, -0.1) is 11.3 Å². The van der Waals surface area contributed by atoms with Gasteiger partial charge >= 0.3 is 0 Å². The topological polar surface area (TPSA) is 43.6 Å². The molecular weight excluding hydrogens is 701 g/mol. The van der Waals surface area contributed by atoms with E-state index in [9.17, 15) is 0 Å². The van der Waals surface area contributed by atoms with Crippen LogP contribution in [0.5, 0.6) is 0 Å². The van der Waals surface area contributed by atoms with Crippen LogP contribution in [0, 0.1) is 0 Å². The van der Waals surface area contributed by atoms with Gasteiger partial charge in [0.1, 0.15) is 0 Å². The van der Waals surface area contributed by atoms with Gasteiger partial charge in [0, 0.05) is 53.3 Å². The van der Waals surface area contributed by atoms with Gasteiger partial charge in [0.2, 0.25) is 0 Å². The highest BCUT2D eigenvalue weighted by atomic mass is 32.1. The lowest BCUT2D eigenvalue weighted by Crippen LogP contribution is -2.00. The Morgan fingerprint density at radius 3 is 1.57 bits per heavy atom. The van der Waals surface area contributed by atoms with Crippen LogP contribution in [0.4, 0.5) is 0 Å². The van der Waals surface area contributed by atoms with Crippen LogP contribution in [0.25, 0.3) is 104 Å². The first-order chi connectivity index (χ1) is 27.7. The molecule has 3 heterocycles. The number of hydrogen-bond acceptors (Lipinski definition) is 4. The van der Waals surface area contributed by atoms with Crippen LogP contribution in [0.1, 0.15) is 0 Å². The third-order valence-corrected chi connectivity index (χ3v) is 11.9. The molecule has 4 nitrogen and oxygen atoms in total. The third-order valence-electron chi connectivity index (χ3n) is 10.7. The Hall–Kier alpha value is -7.21. The van der Waals surface area contributed by atoms with Crippen molar-refractivity contribution < 1.29 is 0 Å². The summed E-state index contributed by atoms with van der Waals surface area (Å²) in [5.74, 6) is 1.98. The maximum absolute atomic E-state index is 5.01. The molecule has 56 heavy (non-hydrogen) atoms. The molecule has 0 spiro atoms. The fraction of sp³-hybridized carbons (Fsp3) is 0. The number of aromatic nitrogens is 4. The number of fused-ring (bicyclic) bond motifs is 6. The second kappa shape index (κ2) is 13.3. The summed E-state index contributed by atoms with van der Waals surface area (Å²) in [6, 6.07) is 68.7.